The highest BCUT2D eigenvalue weighted by atomic mass is 35.5. The minimum atomic E-state index is -0.313. The van der Waals surface area contributed by atoms with Gasteiger partial charge in [0, 0.05) is 11.9 Å². The Balaban J connectivity index is 2.58. The Labute approximate surface area is 77.4 Å². The first-order chi connectivity index (χ1) is 5.66. The number of nitrogens with two attached hydrogens (primary N) is 2. The van der Waals surface area contributed by atoms with Crippen molar-refractivity contribution in [2.24, 2.45) is 23.3 Å². The highest BCUT2D eigenvalue weighted by molar-refractivity contribution is 6.19. The van der Waals surface area contributed by atoms with Crippen molar-refractivity contribution in [1.29, 1.82) is 0 Å². The van der Waals surface area contributed by atoms with Crippen LogP contribution >= 0.6 is 11.6 Å². The molecule has 0 radical (unpaired) electrons. The average Bonchev–Trinajstić information content (AvgIpc) is 2.38. The minimum absolute atomic E-state index is 0.112. The van der Waals surface area contributed by atoms with Gasteiger partial charge in [0.25, 0.3) is 0 Å². The maximum atomic E-state index is 10.9. The van der Waals surface area contributed by atoms with E-state index in [2.05, 4.69) is 0 Å². The van der Waals surface area contributed by atoms with E-state index in [9.17, 15) is 4.79 Å². The molecule has 1 amide bonds. The van der Waals surface area contributed by atoms with E-state index in [1.54, 1.807) is 0 Å². The Hall–Kier alpha value is -0.280. The van der Waals surface area contributed by atoms with Gasteiger partial charge in [-0.1, -0.05) is 6.42 Å². The minimum Gasteiger partial charge on any atom is -0.369 e. The summed E-state index contributed by atoms with van der Waals surface area (Å²) in [7, 11) is 0. The molecule has 0 bridgehead atoms. The predicted octanol–water partition coefficient (Wildman–Crippen LogP) is 0.454. The van der Waals surface area contributed by atoms with E-state index in [0.29, 0.717) is 5.88 Å². The fourth-order valence-corrected chi connectivity index (χ4v) is 2.30. The van der Waals surface area contributed by atoms with Crippen molar-refractivity contribution in [2.45, 2.75) is 25.3 Å². The molecule has 0 saturated heterocycles. The Bertz CT molecular complexity index is 174. The SMILES string of the molecule is NC(=O)C(CCl)C1CCCC1N. The number of amides is 1. The van der Waals surface area contributed by atoms with Crippen LogP contribution in [0.25, 0.3) is 0 Å². The summed E-state index contributed by atoms with van der Waals surface area (Å²) in [6.07, 6.45) is 3.07. The van der Waals surface area contributed by atoms with Gasteiger partial charge < -0.3 is 11.5 Å². The van der Waals surface area contributed by atoms with Gasteiger partial charge in [-0.15, -0.1) is 11.6 Å². The zero-order valence-electron chi connectivity index (χ0n) is 7.00. The van der Waals surface area contributed by atoms with Crippen molar-refractivity contribution >= 4 is 17.5 Å². The number of hydrogen-bond donors (Lipinski definition) is 2. The fourth-order valence-electron chi connectivity index (χ4n) is 1.92. The second kappa shape index (κ2) is 4.10. The number of alkyl halides is 1. The van der Waals surface area contributed by atoms with Crippen molar-refractivity contribution in [2.75, 3.05) is 5.88 Å². The summed E-state index contributed by atoms with van der Waals surface area (Å²) in [6, 6.07) is 0.112. The summed E-state index contributed by atoms with van der Waals surface area (Å²) >= 11 is 5.65. The highest BCUT2D eigenvalue weighted by Gasteiger charge is 2.33. The molecule has 0 aromatic heterocycles. The van der Waals surface area contributed by atoms with E-state index >= 15 is 0 Å². The van der Waals surface area contributed by atoms with Crippen molar-refractivity contribution in [3.63, 3.8) is 0 Å². The van der Waals surface area contributed by atoms with E-state index in [1.807, 2.05) is 0 Å². The third-order valence-electron chi connectivity index (χ3n) is 2.67. The lowest BCUT2D eigenvalue weighted by atomic mass is 9.89. The van der Waals surface area contributed by atoms with Crippen LogP contribution in [0.5, 0.6) is 0 Å². The standard InChI is InChI=1S/C8H15ClN2O/c9-4-6(8(11)12)5-2-1-3-7(5)10/h5-7H,1-4,10H2,(H2,11,12). The molecule has 1 aliphatic carbocycles. The Morgan fingerprint density at radius 2 is 2.25 bits per heavy atom. The van der Waals surface area contributed by atoms with Crippen LogP contribution < -0.4 is 11.5 Å². The summed E-state index contributed by atoms with van der Waals surface area (Å²) in [5, 5.41) is 0. The molecule has 1 rings (SSSR count). The van der Waals surface area contributed by atoms with Gasteiger partial charge in [-0.2, -0.15) is 0 Å². The maximum absolute atomic E-state index is 10.9. The van der Waals surface area contributed by atoms with Crippen LogP contribution in [0.3, 0.4) is 0 Å². The number of halogens is 1. The van der Waals surface area contributed by atoms with Crippen LogP contribution in [-0.2, 0) is 4.79 Å². The normalized spacial score (nSPS) is 31.8. The first kappa shape index (κ1) is 9.81. The summed E-state index contributed by atoms with van der Waals surface area (Å²) in [4.78, 5) is 10.9. The summed E-state index contributed by atoms with van der Waals surface area (Å²) < 4.78 is 0. The van der Waals surface area contributed by atoms with Crippen LogP contribution in [0.15, 0.2) is 0 Å². The third-order valence-corrected chi connectivity index (χ3v) is 3.01. The molecule has 3 unspecified atom stereocenters. The van der Waals surface area contributed by atoms with Gasteiger partial charge >= 0.3 is 0 Å². The molecule has 4 N–H and O–H groups in total. The monoisotopic (exact) mass is 190 g/mol. The first-order valence-electron chi connectivity index (χ1n) is 4.27. The lowest BCUT2D eigenvalue weighted by Gasteiger charge is -2.21. The molecule has 1 aliphatic rings. The number of rotatable bonds is 3. The number of hydrogen-bond acceptors (Lipinski definition) is 2. The Morgan fingerprint density at radius 3 is 2.58 bits per heavy atom. The van der Waals surface area contributed by atoms with Crippen LogP contribution in [-0.4, -0.2) is 17.8 Å². The van der Waals surface area contributed by atoms with Crippen LogP contribution in [0.2, 0.25) is 0 Å². The molecule has 3 nitrogen and oxygen atoms in total. The quantitative estimate of drug-likeness (QED) is 0.635. The second-order valence-electron chi connectivity index (χ2n) is 3.42. The maximum Gasteiger partial charge on any atom is 0.222 e. The smallest absolute Gasteiger partial charge is 0.222 e. The Kier molecular flexibility index (Phi) is 3.35. The van der Waals surface area contributed by atoms with Crippen LogP contribution in [0.1, 0.15) is 19.3 Å². The predicted molar refractivity (Wildman–Crippen MR) is 48.7 cm³/mol. The van der Waals surface area contributed by atoms with Gasteiger partial charge in [0.05, 0.1) is 5.92 Å². The molecule has 12 heavy (non-hydrogen) atoms. The summed E-state index contributed by atoms with van der Waals surface area (Å²) in [5.74, 6) is -0.0373. The van der Waals surface area contributed by atoms with Gasteiger partial charge in [-0.05, 0) is 18.8 Å². The van der Waals surface area contributed by atoms with Crippen molar-refractivity contribution in [3.8, 4) is 0 Å². The van der Waals surface area contributed by atoms with E-state index in [1.165, 1.54) is 0 Å². The Morgan fingerprint density at radius 1 is 1.58 bits per heavy atom. The first-order valence-corrected chi connectivity index (χ1v) is 4.81. The van der Waals surface area contributed by atoms with Gasteiger partial charge in [-0.3, -0.25) is 4.79 Å². The van der Waals surface area contributed by atoms with Gasteiger partial charge in [-0.25, -0.2) is 0 Å². The molecule has 1 fully saturated rings. The lowest BCUT2D eigenvalue weighted by Crippen LogP contribution is -2.38. The summed E-state index contributed by atoms with van der Waals surface area (Å²) in [6.45, 7) is 0. The van der Waals surface area contributed by atoms with Gasteiger partial charge in [0.1, 0.15) is 0 Å². The van der Waals surface area contributed by atoms with Crippen molar-refractivity contribution in [3.05, 3.63) is 0 Å². The molecular formula is C8H15ClN2O. The zero-order valence-corrected chi connectivity index (χ0v) is 7.76. The highest BCUT2D eigenvalue weighted by Crippen LogP contribution is 2.31. The molecule has 4 heteroatoms. The topological polar surface area (TPSA) is 69.1 Å². The molecule has 0 heterocycles. The number of carbonyl (C=O) groups is 1. The molecule has 0 aromatic carbocycles. The van der Waals surface area contributed by atoms with Crippen LogP contribution in [0.4, 0.5) is 0 Å². The molecule has 0 aromatic rings. The van der Waals surface area contributed by atoms with E-state index in [0.717, 1.165) is 19.3 Å². The van der Waals surface area contributed by atoms with Crippen molar-refractivity contribution in [1.82, 2.24) is 0 Å². The zero-order chi connectivity index (χ0) is 9.14. The van der Waals surface area contributed by atoms with Crippen molar-refractivity contribution < 1.29 is 4.79 Å². The van der Waals surface area contributed by atoms with Gasteiger partial charge in [0.15, 0.2) is 0 Å². The average molecular weight is 191 g/mol. The number of carbonyl (C=O) groups excluding carboxylic acids is 1. The molecule has 70 valence electrons. The number of primary amides is 1. The molecule has 0 spiro atoms. The molecule has 3 atom stereocenters. The molecular weight excluding hydrogens is 176 g/mol. The third kappa shape index (κ3) is 1.90. The second-order valence-corrected chi connectivity index (χ2v) is 3.73. The lowest BCUT2D eigenvalue weighted by molar-refractivity contribution is -0.122. The van der Waals surface area contributed by atoms with E-state index < -0.39 is 0 Å². The largest absolute Gasteiger partial charge is 0.369 e. The summed E-state index contributed by atoms with van der Waals surface area (Å²) in [5.41, 5.74) is 11.0. The van der Waals surface area contributed by atoms with E-state index in [4.69, 9.17) is 23.1 Å². The fraction of sp³-hybridized carbons (Fsp3) is 0.875. The van der Waals surface area contributed by atoms with E-state index in [-0.39, 0.29) is 23.8 Å². The van der Waals surface area contributed by atoms with Gasteiger partial charge in [0.2, 0.25) is 5.91 Å². The molecule has 1 saturated carbocycles. The van der Waals surface area contributed by atoms with Crippen LogP contribution in [0, 0.1) is 11.8 Å². The molecule has 0 aliphatic heterocycles.